The number of aromatic hydroxyl groups is 1. The molecule has 0 amide bonds. The summed E-state index contributed by atoms with van der Waals surface area (Å²) in [6, 6.07) is 1.08. The van der Waals surface area contributed by atoms with E-state index < -0.39 is 0 Å². The van der Waals surface area contributed by atoms with Crippen molar-refractivity contribution in [1.29, 1.82) is 0 Å². The summed E-state index contributed by atoms with van der Waals surface area (Å²) >= 11 is 0. The second kappa shape index (κ2) is 3.21. The molecule has 0 aromatic carbocycles. The van der Waals surface area contributed by atoms with Gasteiger partial charge in [0.1, 0.15) is 5.65 Å². The first-order chi connectivity index (χ1) is 8.15. The maximum atomic E-state index is 11.3. The summed E-state index contributed by atoms with van der Waals surface area (Å²) in [6.07, 6.45) is 5.04. The first-order valence-corrected chi connectivity index (χ1v) is 4.94. The highest BCUT2D eigenvalue weighted by Gasteiger charge is 2.11. The summed E-state index contributed by atoms with van der Waals surface area (Å²) in [4.78, 5) is 13.9. The molecule has 0 fully saturated rings. The molecule has 7 nitrogen and oxygen atoms in total. The highest BCUT2D eigenvalue weighted by molar-refractivity contribution is 5.76. The van der Waals surface area contributed by atoms with Crippen LogP contribution in [-0.4, -0.2) is 29.5 Å². The second-order valence-corrected chi connectivity index (χ2v) is 3.71. The summed E-state index contributed by atoms with van der Waals surface area (Å²) in [6.45, 7) is 0. The first kappa shape index (κ1) is 9.64. The van der Waals surface area contributed by atoms with Crippen LogP contribution in [0.15, 0.2) is 29.5 Å². The Hall–Kier alpha value is -2.57. The van der Waals surface area contributed by atoms with E-state index in [-0.39, 0.29) is 11.4 Å². The number of aromatic amines is 1. The van der Waals surface area contributed by atoms with Gasteiger partial charge in [-0.15, -0.1) is 0 Å². The van der Waals surface area contributed by atoms with Crippen LogP contribution in [0.3, 0.4) is 0 Å². The monoisotopic (exact) mass is 231 g/mol. The zero-order valence-electron chi connectivity index (χ0n) is 8.95. The molecule has 0 spiro atoms. The molecule has 7 heteroatoms. The van der Waals surface area contributed by atoms with Crippen molar-refractivity contribution < 1.29 is 5.11 Å². The Morgan fingerprint density at radius 1 is 1.35 bits per heavy atom. The van der Waals surface area contributed by atoms with Gasteiger partial charge in [-0.1, -0.05) is 0 Å². The van der Waals surface area contributed by atoms with E-state index in [1.165, 1.54) is 4.52 Å². The fourth-order valence-corrected chi connectivity index (χ4v) is 1.75. The van der Waals surface area contributed by atoms with Crippen LogP contribution in [0, 0.1) is 0 Å². The smallest absolute Gasteiger partial charge is 0.254 e. The molecule has 3 aromatic heterocycles. The maximum absolute atomic E-state index is 11.3. The van der Waals surface area contributed by atoms with Gasteiger partial charge in [-0.25, -0.2) is 0 Å². The Balaban J connectivity index is 2.35. The Bertz CT molecular complexity index is 751. The van der Waals surface area contributed by atoms with E-state index in [4.69, 9.17) is 0 Å². The Morgan fingerprint density at radius 2 is 2.18 bits per heavy atom. The Kier molecular flexibility index (Phi) is 1.82. The molecule has 3 rings (SSSR count). The van der Waals surface area contributed by atoms with Gasteiger partial charge in [-0.05, 0) is 0 Å². The van der Waals surface area contributed by atoms with Crippen LogP contribution in [0.25, 0.3) is 16.8 Å². The van der Waals surface area contributed by atoms with Gasteiger partial charge in [-0.2, -0.15) is 14.7 Å². The molecule has 3 heterocycles. The molecule has 0 radical (unpaired) electrons. The molecule has 0 saturated carbocycles. The molecule has 0 saturated heterocycles. The number of rotatable bonds is 1. The predicted octanol–water partition coefficient (Wildman–Crippen LogP) is 0.129. The molecule has 2 N–H and O–H groups in total. The third-order valence-corrected chi connectivity index (χ3v) is 2.50. The number of hydrogen-bond donors (Lipinski definition) is 2. The van der Waals surface area contributed by atoms with Crippen LogP contribution in [0.1, 0.15) is 0 Å². The molecular weight excluding hydrogens is 222 g/mol. The van der Waals surface area contributed by atoms with E-state index in [9.17, 15) is 9.90 Å². The van der Waals surface area contributed by atoms with Crippen molar-refractivity contribution in [3.8, 4) is 17.0 Å². The predicted molar refractivity (Wildman–Crippen MR) is 59.7 cm³/mol. The topological polar surface area (TPSA) is 88.2 Å². The van der Waals surface area contributed by atoms with Crippen molar-refractivity contribution in [1.82, 2.24) is 24.4 Å². The fourth-order valence-electron chi connectivity index (χ4n) is 1.75. The molecule has 86 valence electrons. The van der Waals surface area contributed by atoms with Gasteiger partial charge in [0, 0.05) is 24.4 Å². The minimum atomic E-state index is -0.374. The lowest BCUT2D eigenvalue weighted by molar-refractivity contribution is 0.434. The fraction of sp³-hybridized carbons (Fsp3) is 0.100. The van der Waals surface area contributed by atoms with E-state index >= 15 is 0 Å². The summed E-state index contributed by atoms with van der Waals surface area (Å²) < 4.78 is 2.92. The number of nitrogens with one attached hydrogen (secondary N) is 1. The number of H-pyrrole nitrogens is 1. The largest absolute Gasteiger partial charge is 0.493 e. The van der Waals surface area contributed by atoms with Gasteiger partial charge in [0.15, 0.2) is 0 Å². The van der Waals surface area contributed by atoms with Gasteiger partial charge < -0.3 is 10.1 Å². The molecular formula is C10H9N5O2. The van der Waals surface area contributed by atoms with Crippen LogP contribution < -0.4 is 5.56 Å². The average molecular weight is 231 g/mol. The van der Waals surface area contributed by atoms with E-state index in [2.05, 4.69) is 15.2 Å². The number of aryl methyl sites for hydroxylation is 1. The van der Waals surface area contributed by atoms with Crippen LogP contribution >= 0.6 is 0 Å². The number of nitrogens with zero attached hydrogens (tertiary/aromatic N) is 4. The lowest BCUT2D eigenvalue weighted by Crippen LogP contribution is -2.07. The average Bonchev–Trinajstić information content (AvgIpc) is 2.83. The molecule has 0 atom stereocenters. The molecule has 0 aliphatic heterocycles. The van der Waals surface area contributed by atoms with Crippen LogP contribution in [0.2, 0.25) is 0 Å². The highest BCUT2D eigenvalue weighted by Crippen LogP contribution is 2.23. The molecule has 0 aliphatic carbocycles. The molecule has 0 bridgehead atoms. The van der Waals surface area contributed by atoms with Gasteiger partial charge >= 0.3 is 0 Å². The van der Waals surface area contributed by atoms with Gasteiger partial charge in [0.25, 0.3) is 5.56 Å². The van der Waals surface area contributed by atoms with Crippen molar-refractivity contribution in [2.24, 2.45) is 7.05 Å². The molecule has 0 aliphatic rings. The summed E-state index contributed by atoms with van der Waals surface area (Å²) in [7, 11) is 1.80. The maximum Gasteiger partial charge on any atom is 0.254 e. The Morgan fingerprint density at radius 3 is 2.88 bits per heavy atom. The molecule has 0 unspecified atom stereocenters. The SMILES string of the molecule is Cn1cc(-c2cnn3c(O)cc(=O)[nH]c23)cn1. The van der Waals surface area contributed by atoms with Crippen LogP contribution in [0.5, 0.6) is 5.88 Å². The van der Waals surface area contributed by atoms with E-state index in [1.807, 2.05) is 0 Å². The third-order valence-electron chi connectivity index (χ3n) is 2.50. The van der Waals surface area contributed by atoms with Crippen molar-refractivity contribution in [3.05, 3.63) is 35.0 Å². The van der Waals surface area contributed by atoms with Crippen molar-refractivity contribution >= 4 is 5.65 Å². The first-order valence-electron chi connectivity index (χ1n) is 4.94. The van der Waals surface area contributed by atoms with E-state index in [0.29, 0.717) is 11.2 Å². The number of aromatic nitrogens is 5. The standard InChI is InChI=1S/C10H9N5O2/c1-14-5-6(3-11-14)7-4-12-15-9(17)2-8(16)13-10(7)15/h2-5,17H,1H3,(H,13,16). The van der Waals surface area contributed by atoms with Crippen molar-refractivity contribution in [2.45, 2.75) is 0 Å². The number of hydrogen-bond acceptors (Lipinski definition) is 4. The molecule has 3 aromatic rings. The zero-order valence-corrected chi connectivity index (χ0v) is 8.95. The minimum absolute atomic E-state index is 0.195. The summed E-state index contributed by atoms with van der Waals surface area (Å²) in [5.74, 6) is -0.195. The third kappa shape index (κ3) is 1.40. The second-order valence-electron chi connectivity index (χ2n) is 3.71. The van der Waals surface area contributed by atoms with Crippen LogP contribution in [-0.2, 0) is 7.05 Å². The lowest BCUT2D eigenvalue weighted by Gasteiger charge is -1.97. The lowest BCUT2D eigenvalue weighted by atomic mass is 10.2. The zero-order chi connectivity index (χ0) is 12.0. The van der Waals surface area contributed by atoms with Gasteiger partial charge in [0.2, 0.25) is 5.88 Å². The summed E-state index contributed by atoms with van der Waals surface area (Å²) in [5.41, 5.74) is 1.61. The van der Waals surface area contributed by atoms with E-state index in [1.54, 1.807) is 30.3 Å². The van der Waals surface area contributed by atoms with E-state index in [0.717, 1.165) is 11.6 Å². The Labute approximate surface area is 94.9 Å². The minimum Gasteiger partial charge on any atom is -0.493 e. The van der Waals surface area contributed by atoms with Crippen molar-refractivity contribution in [3.63, 3.8) is 0 Å². The van der Waals surface area contributed by atoms with Gasteiger partial charge in [0.05, 0.1) is 18.5 Å². The van der Waals surface area contributed by atoms with Crippen molar-refractivity contribution in [2.75, 3.05) is 0 Å². The number of fused-ring (bicyclic) bond motifs is 1. The van der Waals surface area contributed by atoms with Crippen LogP contribution in [0.4, 0.5) is 0 Å². The highest BCUT2D eigenvalue weighted by atomic mass is 16.3. The van der Waals surface area contributed by atoms with Gasteiger partial charge in [-0.3, -0.25) is 9.48 Å². The quantitative estimate of drug-likeness (QED) is 0.623. The summed E-state index contributed by atoms with van der Waals surface area (Å²) in [5, 5.41) is 17.6. The normalized spacial score (nSPS) is 11.1. The molecule has 17 heavy (non-hydrogen) atoms.